The maximum absolute atomic E-state index is 11.6. The zero-order valence-corrected chi connectivity index (χ0v) is 10.6. The quantitative estimate of drug-likeness (QED) is 0.422. The van der Waals surface area contributed by atoms with E-state index in [0.29, 0.717) is 12.5 Å². The minimum absolute atomic E-state index is 0.000385. The number of ether oxygens (including phenoxy) is 1. The molecule has 0 N–H and O–H groups in total. The lowest BCUT2D eigenvalue weighted by Crippen LogP contribution is -2.41. The Morgan fingerprint density at radius 2 is 2.15 bits per heavy atom. The molecule has 0 spiro atoms. The molecule has 1 rings (SSSR count). The molecule has 1 aliphatic rings. The predicted molar refractivity (Wildman–Crippen MR) is 60.9 cm³/mol. The van der Waals surface area contributed by atoms with Crippen molar-refractivity contribution < 1.29 is 9.53 Å². The van der Waals surface area contributed by atoms with Crippen molar-refractivity contribution in [2.45, 2.75) is 27.2 Å². The number of hydrogen-bond donors (Lipinski definition) is 0. The van der Waals surface area contributed by atoms with E-state index in [2.05, 4.69) is 43.4 Å². The fourth-order valence-electron chi connectivity index (χ4n) is 1.99. The Bertz CT molecular complexity index is 196. The van der Waals surface area contributed by atoms with Crippen molar-refractivity contribution in [3.05, 3.63) is 0 Å². The van der Waals surface area contributed by atoms with Gasteiger partial charge >= 0.3 is 5.97 Å². The minimum Gasteiger partial charge on any atom is -0.465 e. The van der Waals surface area contributed by atoms with E-state index in [9.17, 15) is 4.79 Å². The van der Waals surface area contributed by atoms with Gasteiger partial charge in [-0.2, -0.15) is 0 Å². The van der Waals surface area contributed by atoms with Gasteiger partial charge in [0.05, 0.1) is 12.5 Å². The number of rotatable bonds is 1. The third-order valence-corrected chi connectivity index (χ3v) is 3.72. The molecule has 1 aliphatic heterocycles. The molecule has 0 aliphatic carbocycles. The van der Waals surface area contributed by atoms with Crippen LogP contribution in [0.25, 0.3) is 0 Å². The van der Waals surface area contributed by atoms with E-state index in [0.717, 1.165) is 10.8 Å². The first-order valence-electron chi connectivity index (χ1n) is 4.69. The van der Waals surface area contributed by atoms with Crippen LogP contribution in [0.3, 0.4) is 0 Å². The van der Waals surface area contributed by atoms with Gasteiger partial charge in [0.15, 0.2) is 0 Å². The average molecular weight is 296 g/mol. The Balaban J connectivity index is 2.80. The molecule has 0 aromatic rings. The van der Waals surface area contributed by atoms with E-state index in [-0.39, 0.29) is 17.3 Å². The maximum atomic E-state index is 11.6. The maximum Gasteiger partial charge on any atom is 0.309 e. The summed E-state index contributed by atoms with van der Waals surface area (Å²) >= 11 is 2.36. The summed E-state index contributed by atoms with van der Waals surface area (Å²) in [7, 11) is 0. The van der Waals surface area contributed by atoms with Gasteiger partial charge in [-0.15, -0.1) is 0 Å². The van der Waals surface area contributed by atoms with E-state index < -0.39 is 0 Å². The predicted octanol–water partition coefficient (Wildman–Crippen LogP) is 2.65. The third-order valence-electron chi connectivity index (χ3n) is 2.59. The second-order valence-corrected chi connectivity index (χ2v) is 5.60. The second-order valence-electron chi connectivity index (χ2n) is 4.71. The van der Waals surface area contributed by atoms with Gasteiger partial charge < -0.3 is 4.74 Å². The molecule has 0 saturated carbocycles. The van der Waals surface area contributed by atoms with Gasteiger partial charge in [-0.1, -0.05) is 43.4 Å². The molecule has 1 heterocycles. The molecule has 0 aromatic carbocycles. The minimum atomic E-state index is 0.000385. The highest BCUT2D eigenvalue weighted by Gasteiger charge is 2.40. The molecule has 2 unspecified atom stereocenters. The monoisotopic (exact) mass is 296 g/mol. The topological polar surface area (TPSA) is 26.3 Å². The van der Waals surface area contributed by atoms with Crippen molar-refractivity contribution in [3.8, 4) is 0 Å². The number of carbonyl (C=O) groups is 1. The molecule has 2 atom stereocenters. The molecule has 13 heavy (non-hydrogen) atoms. The Labute approximate surface area is 93.6 Å². The Morgan fingerprint density at radius 1 is 1.54 bits per heavy atom. The van der Waals surface area contributed by atoms with E-state index in [4.69, 9.17) is 4.74 Å². The summed E-state index contributed by atoms with van der Waals surface area (Å²) in [6, 6.07) is 0. The van der Waals surface area contributed by atoms with Crippen molar-refractivity contribution in [2.24, 2.45) is 17.3 Å². The van der Waals surface area contributed by atoms with Gasteiger partial charge in [0.1, 0.15) is 0 Å². The summed E-state index contributed by atoms with van der Waals surface area (Å²) in [6.07, 6.45) is 1.02. The van der Waals surface area contributed by atoms with Crippen molar-refractivity contribution in [2.75, 3.05) is 11.0 Å². The zero-order chi connectivity index (χ0) is 10.1. The van der Waals surface area contributed by atoms with Crippen LogP contribution in [0, 0.1) is 17.3 Å². The molecular weight excluding hydrogens is 279 g/mol. The fourth-order valence-corrected chi connectivity index (χ4v) is 2.94. The average Bonchev–Trinajstić information content (AvgIpc) is 2.01. The number of cyclic esters (lactones) is 1. The molecule has 0 amide bonds. The van der Waals surface area contributed by atoms with Gasteiger partial charge in [-0.05, 0) is 17.8 Å². The summed E-state index contributed by atoms with van der Waals surface area (Å²) in [5.74, 6) is 0.584. The number of esters is 1. The molecule has 0 radical (unpaired) electrons. The summed E-state index contributed by atoms with van der Waals surface area (Å²) in [4.78, 5) is 11.6. The smallest absolute Gasteiger partial charge is 0.309 e. The van der Waals surface area contributed by atoms with Gasteiger partial charge in [0.25, 0.3) is 0 Å². The van der Waals surface area contributed by atoms with Crippen LogP contribution < -0.4 is 0 Å². The van der Waals surface area contributed by atoms with Gasteiger partial charge in [-0.25, -0.2) is 0 Å². The van der Waals surface area contributed by atoms with Gasteiger partial charge in [0.2, 0.25) is 0 Å². The highest BCUT2D eigenvalue weighted by atomic mass is 127. The molecule has 2 nitrogen and oxygen atoms in total. The highest BCUT2D eigenvalue weighted by Crippen LogP contribution is 2.38. The van der Waals surface area contributed by atoms with Crippen LogP contribution in [0.1, 0.15) is 27.2 Å². The first kappa shape index (κ1) is 11.3. The van der Waals surface area contributed by atoms with Crippen molar-refractivity contribution in [1.82, 2.24) is 0 Å². The summed E-state index contributed by atoms with van der Waals surface area (Å²) < 4.78 is 6.16. The Morgan fingerprint density at radius 3 is 2.54 bits per heavy atom. The highest BCUT2D eigenvalue weighted by molar-refractivity contribution is 14.1. The van der Waals surface area contributed by atoms with E-state index in [1.165, 1.54) is 0 Å². The van der Waals surface area contributed by atoms with Crippen LogP contribution >= 0.6 is 22.6 Å². The van der Waals surface area contributed by atoms with Crippen LogP contribution in [0.2, 0.25) is 0 Å². The molecule has 1 fully saturated rings. The number of hydrogen-bond acceptors (Lipinski definition) is 2. The summed E-state index contributed by atoms with van der Waals surface area (Å²) in [6.45, 7) is 6.95. The number of halogens is 1. The van der Waals surface area contributed by atoms with E-state index >= 15 is 0 Å². The van der Waals surface area contributed by atoms with E-state index in [1.54, 1.807) is 0 Å². The van der Waals surface area contributed by atoms with Crippen LogP contribution in [-0.2, 0) is 9.53 Å². The van der Waals surface area contributed by atoms with Crippen LogP contribution in [0.4, 0.5) is 0 Å². The van der Waals surface area contributed by atoms with Crippen LogP contribution in [0.15, 0.2) is 0 Å². The SMILES string of the molecule is CC(C)(C)C1C(=O)OCCC1CI. The zero-order valence-electron chi connectivity index (χ0n) is 8.47. The summed E-state index contributed by atoms with van der Waals surface area (Å²) in [5.41, 5.74) is 0.0351. The normalized spacial score (nSPS) is 30.0. The van der Waals surface area contributed by atoms with E-state index in [1.807, 2.05) is 0 Å². The first-order valence-corrected chi connectivity index (χ1v) is 6.22. The Hall–Kier alpha value is 0.200. The first-order chi connectivity index (χ1) is 5.96. The number of alkyl halides is 1. The standard InChI is InChI=1S/C10H17IO2/c1-10(2,3)8-7(6-11)4-5-13-9(8)12/h7-8H,4-6H2,1-3H3. The molecule has 0 aromatic heterocycles. The second kappa shape index (κ2) is 4.15. The van der Waals surface area contributed by atoms with Gasteiger partial charge in [-0.3, -0.25) is 4.79 Å². The lowest BCUT2D eigenvalue weighted by atomic mass is 9.72. The van der Waals surface area contributed by atoms with Crippen molar-refractivity contribution in [1.29, 1.82) is 0 Å². The lowest BCUT2D eigenvalue weighted by molar-refractivity contribution is -0.161. The van der Waals surface area contributed by atoms with Crippen molar-refractivity contribution >= 4 is 28.6 Å². The molecular formula is C10H17IO2. The molecule has 0 bridgehead atoms. The third kappa shape index (κ3) is 2.58. The summed E-state index contributed by atoms with van der Waals surface area (Å²) in [5, 5.41) is 0. The van der Waals surface area contributed by atoms with Gasteiger partial charge in [0, 0.05) is 4.43 Å². The molecule has 1 saturated heterocycles. The molecule has 76 valence electrons. The van der Waals surface area contributed by atoms with Crippen molar-refractivity contribution in [3.63, 3.8) is 0 Å². The largest absolute Gasteiger partial charge is 0.465 e. The lowest BCUT2D eigenvalue weighted by Gasteiger charge is -2.37. The van der Waals surface area contributed by atoms with Crippen LogP contribution in [-0.4, -0.2) is 17.0 Å². The molecule has 3 heteroatoms. The van der Waals surface area contributed by atoms with Crippen LogP contribution in [0.5, 0.6) is 0 Å². The Kier molecular flexibility index (Phi) is 3.60. The fraction of sp³-hybridized carbons (Fsp3) is 0.900. The number of carbonyl (C=O) groups excluding carboxylic acids is 1.